The van der Waals surface area contributed by atoms with Gasteiger partial charge < -0.3 is 15.1 Å². The van der Waals surface area contributed by atoms with E-state index in [4.69, 9.17) is 16.6 Å². The van der Waals surface area contributed by atoms with E-state index in [0.29, 0.717) is 35.4 Å². The number of rotatable bonds is 8. The zero-order valence-corrected chi connectivity index (χ0v) is 34.9. The largest absolute Gasteiger partial charge is 0.370 e. The summed E-state index contributed by atoms with van der Waals surface area (Å²) in [5.74, 6) is -0.0820. The molecule has 14 nitrogen and oxygen atoms in total. The summed E-state index contributed by atoms with van der Waals surface area (Å²) in [6.07, 6.45) is 4.19. The van der Waals surface area contributed by atoms with Crippen molar-refractivity contribution in [2.24, 2.45) is 10.9 Å². The zero-order valence-electron chi connectivity index (χ0n) is 33.3. The Bertz CT molecular complexity index is 2420. The van der Waals surface area contributed by atoms with Crippen LogP contribution in [0.4, 0.5) is 5.69 Å². The number of hydrogen-bond acceptors (Lipinski definition) is 11. The van der Waals surface area contributed by atoms with Crippen molar-refractivity contribution >= 4 is 63.9 Å². The van der Waals surface area contributed by atoms with Crippen LogP contribution in [0.15, 0.2) is 47.5 Å². The van der Waals surface area contributed by atoms with Crippen molar-refractivity contribution in [3.63, 3.8) is 0 Å². The van der Waals surface area contributed by atoms with Crippen LogP contribution in [-0.4, -0.2) is 105 Å². The smallest absolute Gasteiger partial charge is 0.262 e. The number of aromatic nitrogens is 3. The number of fused-ring (bicyclic) bond motifs is 4. The van der Waals surface area contributed by atoms with Crippen LogP contribution in [0.3, 0.4) is 0 Å². The molecule has 59 heavy (non-hydrogen) atoms. The van der Waals surface area contributed by atoms with Gasteiger partial charge in [-0.25, -0.2) is 0 Å². The van der Waals surface area contributed by atoms with Crippen molar-refractivity contribution in [3.8, 4) is 5.00 Å². The van der Waals surface area contributed by atoms with Crippen molar-refractivity contribution in [3.05, 3.63) is 91.8 Å². The maximum Gasteiger partial charge on any atom is 0.262 e. The maximum atomic E-state index is 14.0. The van der Waals surface area contributed by atoms with E-state index in [1.54, 1.807) is 23.5 Å². The van der Waals surface area contributed by atoms with Crippen molar-refractivity contribution in [1.29, 1.82) is 0 Å². The van der Waals surface area contributed by atoms with Gasteiger partial charge in [0.2, 0.25) is 17.7 Å². The average molecular weight is 836 g/mol. The molecule has 0 spiro atoms. The van der Waals surface area contributed by atoms with E-state index in [9.17, 15) is 24.0 Å². The number of imide groups is 2. The molecule has 9 rings (SSSR count). The molecule has 306 valence electrons. The highest BCUT2D eigenvalue weighted by Gasteiger charge is 2.45. The second kappa shape index (κ2) is 15.7. The van der Waals surface area contributed by atoms with Crippen LogP contribution in [0.1, 0.15) is 105 Å². The van der Waals surface area contributed by atoms with Crippen LogP contribution >= 0.6 is 22.9 Å². The molecule has 0 radical (unpaired) electrons. The van der Waals surface area contributed by atoms with Crippen molar-refractivity contribution < 1.29 is 24.0 Å². The lowest BCUT2D eigenvalue weighted by molar-refractivity contribution is -0.136. The van der Waals surface area contributed by atoms with Gasteiger partial charge >= 0.3 is 0 Å². The number of hydrogen-bond donors (Lipinski definition) is 2. The summed E-state index contributed by atoms with van der Waals surface area (Å²) in [5, 5.41) is 16.7. The van der Waals surface area contributed by atoms with Crippen molar-refractivity contribution in [1.82, 2.24) is 35.2 Å². The van der Waals surface area contributed by atoms with Crippen molar-refractivity contribution in [2.75, 3.05) is 37.6 Å². The minimum atomic E-state index is -0.988. The van der Waals surface area contributed by atoms with Gasteiger partial charge in [0.15, 0.2) is 5.82 Å². The van der Waals surface area contributed by atoms with Crippen LogP contribution in [0.25, 0.3) is 5.00 Å². The molecule has 2 N–H and O–H groups in total. The molecule has 2 aromatic carbocycles. The van der Waals surface area contributed by atoms with Gasteiger partial charge in [0.05, 0.1) is 23.3 Å². The summed E-state index contributed by atoms with van der Waals surface area (Å²) in [4.78, 5) is 76.6. The molecule has 7 heterocycles. The van der Waals surface area contributed by atoms with Gasteiger partial charge in [0.25, 0.3) is 11.8 Å². The molecule has 5 aliphatic rings. The van der Waals surface area contributed by atoms with E-state index in [2.05, 4.69) is 44.1 Å². The van der Waals surface area contributed by atoms with Gasteiger partial charge in [-0.2, -0.15) is 0 Å². The van der Waals surface area contributed by atoms with Crippen LogP contribution in [0.5, 0.6) is 0 Å². The highest BCUT2D eigenvalue weighted by molar-refractivity contribution is 7.15. The molecule has 3 saturated heterocycles. The van der Waals surface area contributed by atoms with Crippen LogP contribution in [-0.2, 0) is 14.4 Å². The number of likely N-dealkylation sites (tertiary alicyclic amines) is 1. The monoisotopic (exact) mass is 835 g/mol. The molecule has 0 aliphatic carbocycles. The number of carbonyl (C=O) groups excluding carboxylic acids is 5. The number of halogens is 1. The summed E-state index contributed by atoms with van der Waals surface area (Å²) in [5.41, 5.74) is 5.41. The highest BCUT2D eigenvalue weighted by Crippen LogP contribution is 2.40. The summed E-state index contributed by atoms with van der Waals surface area (Å²) in [6.45, 7) is 9.96. The number of aliphatic imine (C=N–C) groups is 1. The summed E-state index contributed by atoms with van der Waals surface area (Å²) < 4.78 is 2.08. The molecule has 5 aliphatic heterocycles. The first-order chi connectivity index (χ1) is 28.4. The molecule has 5 amide bonds. The molecule has 1 unspecified atom stereocenters. The highest BCUT2D eigenvalue weighted by atomic mass is 35.5. The van der Waals surface area contributed by atoms with Crippen LogP contribution in [0, 0.1) is 26.7 Å². The third kappa shape index (κ3) is 7.27. The predicted molar refractivity (Wildman–Crippen MR) is 224 cm³/mol. The number of thiophene rings is 1. The number of piperidine rings is 3. The first-order valence-corrected chi connectivity index (χ1v) is 21.6. The Morgan fingerprint density at radius 2 is 1.69 bits per heavy atom. The lowest BCUT2D eigenvalue weighted by Crippen LogP contribution is -2.54. The zero-order chi connectivity index (χ0) is 41.1. The Morgan fingerprint density at radius 3 is 2.46 bits per heavy atom. The summed E-state index contributed by atoms with van der Waals surface area (Å²) in [7, 11) is 0. The number of aryl methyl sites for hydroxylation is 2. The van der Waals surface area contributed by atoms with Gasteiger partial charge in [0, 0.05) is 65.4 Å². The maximum absolute atomic E-state index is 14.0. The van der Waals surface area contributed by atoms with Gasteiger partial charge in [-0.15, -0.1) is 21.5 Å². The first-order valence-electron chi connectivity index (χ1n) is 20.4. The number of nitrogens with one attached hydrogen (secondary N) is 2. The minimum absolute atomic E-state index is 0.0589. The summed E-state index contributed by atoms with van der Waals surface area (Å²) >= 11 is 7.97. The Labute approximate surface area is 351 Å². The lowest BCUT2D eigenvalue weighted by Gasteiger charge is -2.37. The SMILES string of the molecule is Cc1sc2c(c1C)C(c1ccc(Cl)cc1)=N[C@@H](CC(=O)N1CCC(CN[C@@H]3CCCN(c4ccc5c(c4)C(=O)N(C4CCC(=O)NC4=O)C5=O)C3)CC1)c1nnc(C)n1-2. The molecule has 2 aromatic heterocycles. The number of amides is 5. The van der Waals surface area contributed by atoms with Gasteiger partial charge in [0.1, 0.15) is 22.9 Å². The second-order valence-corrected chi connectivity index (χ2v) is 17.9. The number of anilines is 1. The van der Waals surface area contributed by atoms with E-state index in [-0.39, 0.29) is 36.8 Å². The van der Waals surface area contributed by atoms with Gasteiger partial charge in [-0.05, 0) is 101 Å². The minimum Gasteiger partial charge on any atom is -0.370 e. The number of nitrogens with zero attached hydrogens (tertiary/aromatic N) is 7. The van der Waals surface area contributed by atoms with Gasteiger partial charge in [-0.1, -0.05) is 23.7 Å². The van der Waals surface area contributed by atoms with Gasteiger partial charge in [-0.3, -0.25) is 43.7 Å². The van der Waals surface area contributed by atoms with Crippen LogP contribution in [0.2, 0.25) is 5.02 Å². The fourth-order valence-electron chi connectivity index (χ4n) is 9.18. The standard InChI is InChI=1S/C43H46ClN9O5S/c1-23-24(2)59-43-37(23)38(27-6-8-28(44)9-7-27)46-33(39-49-48-25(3)52(39)43)20-36(55)50-17-14-26(15-18-50)21-45-29-5-4-16-51(22-29)30-10-11-31-32(19-30)42(58)53(41(31)57)34-12-13-35(54)47-40(34)56/h6-11,19,26,29,33-34,45H,4-5,12-18,20-22H2,1-3H3,(H,47,54,56)/t29-,33+,34?/m1/s1. The van der Waals surface area contributed by atoms with Crippen molar-refractivity contribution in [2.45, 2.75) is 83.8 Å². The topological polar surface area (TPSA) is 162 Å². The average Bonchev–Trinajstić information content (AvgIpc) is 3.81. The molecule has 3 fully saturated rings. The third-order valence-electron chi connectivity index (χ3n) is 12.6. The number of benzene rings is 2. The third-order valence-corrected chi connectivity index (χ3v) is 14.0. The van der Waals surface area contributed by atoms with Crippen LogP contribution < -0.4 is 15.5 Å². The molecule has 4 aromatic rings. The Kier molecular flexibility index (Phi) is 10.5. The fraction of sp³-hybridized carbons (Fsp3) is 0.442. The molecular weight excluding hydrogens is 790 g/mol. The number of carbonyl (C=O) groups is 5. The quantitative estimate of drug-likeness (QED) is 0.231. The Morgan fingerprint density at radius 1 is 0.932 bits per heavy atom. The lowest BCUT2D eigenvalue weighted by atomic mass is 9.95. The molecule has 0 saturated carbocycles. The first kappa shape index (κ1) is 39.2. The summed E-state index contributed by atoms with van der Waals surface area (Å²) in [6, 6.07) is 11.8. The fourth-order valence-corrected chi connectivity index (χ4v) is 10.5. The predicted octanol–water partition coefficient (Wildman–Crippen LogP) is 5.09. The van der Waals surface area contributed by atoms with E-state index >= 15 is 0 Å². The molecule has 16 heteroatoms. The molecular formula is C43H46ClN9O5S. The normalized spacial score (nSPS) is 22.2. The van der Waals surface area contributed by atoms with E-state index < -0.39 is 35.7 Å². The molecule has 0 bridgehead atoms. The molecule has 3 atom stereocenters. The van der Waals surface area contributed by atoms with E-state index in [1.807, 2.05) is 42.2 Å². The second-order valence-electron chi connectivity index (χ2n) is 16.3. The Balaban J connectivity index is 0.817. The van der Waals surface area contributed by atoms with E-state index in [1.165, 1.54) is 4.88 Å². The Hall–Kier alpha value is -5.25. The van der Waals surface area contributed by atoms with E-state index in [0.717, 1.165) is 89.1 Å².